The van der Waals surface area contributed by atoms with E-state index in [0.29, 0.717) is 25.4 Å². The maximum atomic E-state index is 12.4. The van der Waals surface area contributed by atoms with Crippen molar-refractivity contribution in [3.63, 3.8) is 0 Å². The molecule has 0 saturated carbocycles. The number of ether oxygens (including phenoxy) is 1. The molecule has 1 aliphatic rings. The van der Waals surface area contributed by atoms with Crippen LogP contribution in [-0.4, -0.2) is 58.7 Å². The van der Waals surface area contributed by atoms with Crippen LogP contribution < -0.4 is 5.32 Å². The van der Waals surface area contributed by atoms with Crippen LogP contribution in [0.5, 0.6) is 0 Å². The summed E-state index contributed by atoms with van der Waals surface area (Å²) in [4.78, 5) is 29.8. The van der Waals surface area contributed by atoms with Crippen molar-refractivity contribution < 1.29 is 19.2 Å². The van der Waals surface area contributed by atoms with Crippen molar-refractivity contribution >= 4 is 17.5 Å². The quantitative estimate of drug-likeness (QED) is 0.627. The molecule has 0 atom stereocenters. The van der Waals surface area contributed by atoms with Gasteiger partial charge in [0, 0.05) is 18.9 Å². The summed E-state index contributed by atoms with van der Waals surface area (Å²) in [5.74, 6) is -1.20. The summed E-state index contributed by atoms with van der Waals surface area (Å²) in [6.45, 7) is 3.60. The molecule has 9 heteroatoms. The molecule has 1 fully saturated rings. The third kappa shape index (κ3) is 4.69. The second-order valence-electron chi connectivity index (χ2n) is 6.39. The first-order chi connectivity index (χ1) is 13.1. The molecule has 1 saturated heterocycles. The zero-order valence-corrected chi connectivity index (χ0v) is 15.4. The third-order valence-electron chi connectivity index (χ3n) is 4.50. The molecule has 3 rings (SSSR count). The molecule has 1 aromatic carbocycles. The Labute approximate surface area is 157 Å². The Balaban J connectivity index is 1.59. The highest BCUT2D eigenvalue weighted by molar-refractivity contribution is 6.39. The summed E-state index contributed by atoms with van der Waals surface area (Å²) >= 11 is 0. The predicted octanol–water partition coefficient (Wildman–Crippen LogP) is 1.33. The molecule has 27 heavy (non-hydrogen) atoms. The zero-order valence-electron chi connectivity index (χ0n) is 15.4. The number of rotatable bonds is 5. The van der Waals surface area contributed by atoms with Gasteiger partial charge in [0.25, 0.3) is 0 Å². The molecule has 1 aliphatic heterocycles. The molecule has 9 nitrogen and oxygen atoms in total. The standard InChI is InChI=1S/C18H23N5O4/c1-13-11-19-21-23(13)16-5-3-15(4-6-16)20-17(24)18(25)22(26-2)12-14-7-9-27-10-8-14/h3-6,11,14H,7-10,12H2,1-2H3,(H,20,24). The molecule has 1 N–H and O–H groups in total. The van der Waals surface area contributed by atoms with Crippen LogP contribution in [0.1, 0.15) is 18.5 Å². The van der Waals surface area contributed by atoms with Gasteiger partial charge in [-0.1, -0.05) is 5.21 Å². The number of benzene rings is 1. The smallest absolute Gasteiger partial charge is 0.335 e. The van der Waals surface area contributed by atoms with Gasteiger partial charge in [-0.05, 0) is 49.9 Å². The van der Waals surface area contributed by atoms with Gasteiger partial charge in [0.2, 0.25) is 0 Å². The molecule has 2 aromatic rings. The minimum absolute atomic E-state index is 0.264. The van der Waals surface area contributed by atoms with E-state index in [0.717, 1.165) is 29.3 Å². The van der Waals surface area contributed by atoms with Gasteiger partial charge in [-0.2, -0.15) is 0 Å². The highest BCUT2D eigenvalue weighted by atomic mass is 16.7. The van der Waals surface area contributed by atoms with Crippen molar-refractivity contribution in [2.45, 2.75) is 19.8 Å². The lowest BCUT2D eigenvalue weighted by atomic mass is 10.0. The van der Waals surface area contributed by atoms with Crippen LogP contribution in [0.15, 0.2) is 30.5 Å². The van der Waals surface area contributed by atoms with Crippen LogP contribution in [0.2, 0.25) is 0 Å². The number of aryl methyl sites for hydroxylation is 1. The van der Waals surface area contributed by atoms with Crippen molar-refractivity contribution in [1.82, 2.24) is 20.1 Å². The Bertz CT molecular complexity index is 783. The molecule has 0 aliphatic carbocycles. The lowest BCUT2D eigenvalue weighted by Gasteiger charge is -2.27. The number of amides is 2. The lowest BCUT2D eigenvalue weighted by Crippen LogP contribution is -2.42. The number of hydrogen-bond acceptors (Lipinski definition) is 6. The maximum absolute atomic E-state index is 12.4. The van der Waals surface area contributed by atoms with Gasteiger partial charge < -0.3 is 10.1 Å². The van der Waals surface area contributed by atoms with Gasteiger partial charge >= 0.3 is 11.8 Å². The number of hydroxylamine groups is 2. The van der Waals surface area contributed by atoms with Crippen LogP contribution in [0.25, 0.3) is 5.69 Å². The van der Waals surface area contributed by atoms with Crippen LogP contribution in [-0.2, 0) is 19.2 Å². The van der Waals surface area contributed by atoms with Gasteiger partial charge in [0.05, 0.1) is 31.2 Å². The second-order valence-corrected chi connectivity index (χ2v) is 6.39. The normalized spacial score (nSPS) is 14.7. The number of nitrogens with zero attached hydrogens (tertiary/aromatic N) is 4. The van der Waals surface area contributed by atoms with Gasteiger partial charge in [0.15, 0.2) is 0 Å². The zero-order chi connectivity index (χ0) is 19.2. The van der Waals surface area contributed by atoms with Crippen LogP contribution in [0.4, 0.5) is 5.69 Å². The minimum Gasteiger partial charge on any atom is -0.381 e. The average molecular weight is 373 g/mol. The van der Waals surface area contributed by atoms with Gasteiger partial charge in [-0.15, -0.1) is 5.10 Å². The Morgan fingerprint density at radius 3 is 2.59 bits per heavy atom. The maximum Gasteiger partial charge on any atom is 0.335 e. The highest BCUT2D eigenvalue weighted by Gasteiger charge is 2.26. The fraction of sp³-hybridized carbons (Fsp3) is 0.444. The van der Waals surface area contributed by atoms with E-state index < -0.39 is 11.8 Å². The first-order valence-corrected chi connectivity index (χ1v) is 8.81. The fourth-order valence-corrected chi connectivity index (χ4v) is 2.93. The van der Waals surface area contributed by atoms with Crippen LogP contribution in [0.3, 0.4) is 0 Å². The van der Waals surface area contributed by atoms with E-state index in [1.54, 1.807) is 35.1 Å². The molecule has 2 heterocycles. The molecule has 0 spiro atoms. The topological polar surface area (TPSA) is 98.6 Å². The molecule has 0 bridgehead atoms. The summed E-state index contributed by atoms with van der Waals surface area (Å²) < 4.78 is 6.99. The van der Waals surface area contributed by atoms with Crippen molar-refractivity contribution in [2.24, 2.45) is 5.92 Å². The molecular weight excluding hydrogens is 350 g/mol. The SMILES string of the molecule is CON(CC1CCOCC1)C(=O)C(=O)Nc1ccc(-n2nncc2C)cc1. The van der Waals surface area contributed by atoms with E-state index in [1.807, 2.05) is 6.92 Å². The molecule has 1 aromatic heterocycles. The van der Waals surface area contributed by atoms with Crippen molar-refractivity contribution in [3.05, 3.63) is 36.2 Å². The van der Waals surface area contributed by atoms with E-state index in [2.05, 4.69) is 15.6 Å². The van der Waals surface area contributed by atoms with Gasteiger partial charge in [-0.3, -0.25) is 14.4 Å². The van der Waals surface area contributed by atoms with E-state index in [9.17, 15) is 9.59 Å². The summed E-state index contributed by atoms with van der Waals surface area (Å²) in [5.41, 5.74) is 2.22. The molecular formula is C18H23N5O4. The summed E-state index contributed by atoms with van der Waals surface area (Å²) in [5, 5.41) is 11.5. The number of nitrogens with one attached hydrogen (secondary N) is 1. The highest BCUT2D eigenvalue weighted by Crippen LogP contribution is 2.17. The van der Waals surface area contributed by atoms with Crippen molar-refractivity contribution in [1.29, 1.82) is 0 Å². The van der Waals surface area contributed by atoms with Crippen LogP contribution >= 0.6 is 0 Å². The van der Waals surface area contributed by atoms with Crippen LogP contribution in [0, 0.1) is 12.8 Å². The number of carbonyl (C=O) groups excluding carboxylic acids is 2. The monoisotopic (exact) mass is 373 g/mol. The summed E-state index contributed by atoms with van der Waals surface area (Å²) in [6.07, 6.45) is 3.35. The molecule has 0 radical (unpaired) electrons. The third-order valence-corrected chi connectivity index (χ3v) is 4.50. The van der Waals surface area contributed by atoms with Crippen molar-refractivity contribution in [3.8, 4) is 5.69 Å². The number of hydrogen-bond donors (Lipinski definition) is 1. The molecule has 2 amide bonds. The predicted molar refractivity (Wildman–Crippen MR) is 97.0 cm³/mol. The molecule has 144 valence electrons. The Morgan fingerprint density at radius 2 is 2.00 bits per heavy atom. The fourth-order valence-electron chi connectivity index (χ4n) is 2.93. The number of carbonyl (C=O) groups is 2. The first kappa shape index (κ1) is 19.0. The summed E-state index contributed by atoms with van der Waals surface area (Å²) in [7, 11) is 1.39. The first-order valence-electron chi connectivity index (χ1n) is 8.81. The Hall–Kier alpha value is -2.78. The minimum atomic E-state index is -0.742. The van der Waals surface area contributed by atoms with E-state index in [4.69, 9.17) is 9.57 Å². The number of anilines is 1. The van der Waals surface area contributed by atoms with E-state index >= 15 is 0 Å². The van der Waals surface area contributed by atoms with Crippen molar-refractivity contribution in [2.75, 3.05) is 32.2 Å². The van der Waals surface area contributed by atoms with E-state index in [-0.39, 0.29) is 5.92 Å². The second kappa shape index (κ2) is 8.74. The average Bonchev–Trinajstić information content (AvgIpc) is 3.13. The van der Waals surface area contributed by atoms with Gasteiger partial charge in [0.1, 0.15) is 0 Å². The van der Waals surface area contributed by atoms with E-state index in [1.165, 1.54) is 7.11 Å². The lowest BCUT2D eigenvalue weighted by molar-refractivity contribution is -0.182. The summed E-state index contributed by atoms with van der Waals surface area (Å²) in [6, 6.07) is 6.99. The largest absolute Gasteiger partial charge is 0.381 e. The Morgan fingerprint density at radius 1 is 1.30 bits per heavy atom. The Kier molecular flexibility index (Phi) is 6.15. The molecule has 0 unspecified atom stereocenters. The van der Waals surface area contributed by atoms with Gasteiger partial charge in [-0.25, -0.2) is 9.75 Å². The number of aromatic nitrogens is 3.